The quantitative estimate of drug-likeness (QED) is 0.804. The van der Waals surface area contributed by atoms with Gasteiger partial charge in [0.1, 0.15) is 0 Å². The lowest BCUT2D eigenvalue weighted by Gasteiger charge is -2.42. The molecule has 1 saturated heterocycles. The van der Waals surface area contributed by atoms with E-state index in [0.717, 1.165) is 13.0 Å². The molecule has 0 bridgehead atoms. The van der Waals surface area contributed by atoms with E-state index >= 15 is 0 Å². The molecule has 2 aromatic carbocycles. The third-order valence-corrected chi connectivity index (χ3v) is 5.00. The van der Waals surface area contributed by atoms with Crippen LogP contribution in [-0.4, -0.2) is 37.2 Å². The number of carbonyl (C=O) groups excluding carboxylic acids is 1. The van der Waals surface area contributed by atoms with Crippen LogP contribution in [0.25, 0.3) is 0 Å². The van der Waals surface area contributed by atoms with Crippen molar-refractivity contribution in [3.05, 3.63) is 65.2 Å². The number of hydrogen-bond donors (Lipinski definition) is 0. The van der Waals surface area contributed by atoms with Gasteiger partial charge in [-0.15, -0.1) is 0 Å². The van der Waals surface area contributed by atoms with Crippen LogP contribution in [-0.2, 0) is 11.2 Å². The molecule has 4 rings (SSSR count). The van der Waals surface area contributed by atoms with Gasteiger partial charge in [0, 0.05) is 25.3 Å². The van der Waals surface area contributed by atoms with Gasteiger partial charge in [-0.3, -0.25) is 0 Å². The zero-order valence-electron chi connectivity index (χ0n) is 13.9. The van der Waals surface area contributed by atoms with Gasteiger partial charge in [-0.1, -0.05) is 42.5 Å². The van der Waals surface area contributed by atoms with Gasteiger partial charge in [-0.2, -0.15) is 0 Å². The zero-order chi connectivity index (χ0) is 16.5. The monoisotopic (exact) mass is 322 g/mol. The molecule has 24 heavy (non-hydrogen) atoms. The summed E-state index contributed by atoms with van der Waals surface area (Å²) in [5.41, 5.74) is 5.32. The molecule has 0 saturated carbocycles. The SMILES string of the molecule is CCOC(=O)N1CCN2c3ccccc3Cc3ccccc3[C@@H]2C1. The number of benzene rings is 2. The van der Waals surface area contributed by atoms with E-state index in [4.69, 9.17) is 4.74 Å². The Morgan fingerprint density at radius 2 is 1.83 bits per heavy atom. The second-order valence-electron chi connectivity index (χ2n) is 6.36. The fourth-order valence-corrected chi connectivity index (χ4v) is 3.88. The Labute approximate surface area is 142 Å². The van der Waals surface area contributed by atoms with Gasteiger partial charge < -0.3 is 14.5 Å². The average Bonchev–Trinajstić information content (AvgIpc) is 2.76. The normalized spacial score (nSPS) is 19.0. The summed E-state index contributed by atoms with van der Waals surface area (Å²) in [5, 5.41) is 0. The van der Waals surface area contributed by atoms with Gasteiger partial charge in [0.15, 0.2) is 0 Å². The molecule has 4 heteroatoms. The standard InChI is InChI=1S/C20H22N2O2/c1-2-24-20(23)21-11-12-22-18-10-6-4-8-16(18)13-15-7-3-5-9-17(15)19(22)14-21/h3-10,19H,2,11-14H2,1H3/t19-/m0/s1. The second-order valence-corrected chi connectivity index (χ2v) is 6.36. The first kappa shape index (κ1) is 15.1. The van der Waals surface area contributed by atoms with Crippen LogP contribution in [0, 0.1) is 0 Å². The van der Waals surface area contributed by atoms with Gasteiger partial charge in [0.05, 0.1) is 12.6 Å². The third-order valence-electron chi connectivity index (χ3n) is 5.00. The maximum atomic E-state index is 12.2. The highest BCUT2D eigenvalue weighted by molar-refractivity contribution is 5.69. The van der Waals surface area contributed by atoms with Crippen LogP contribution in [0.1, 0.15) is 29.7 Å². The Bertz CT molecular complexity index is 759. The summed E-state index contributed by atoms with van der Waals surface area (Å²) in [4.78, 5) is 16.5. The molecule has 0 aliphatic carbocycles. The first-order valence-corrected chi connectivity index (χ1v) is 8.62. The Balaban J connectivity index is 1.75. The highest BCUT2D eigenvalue weighted by atomic mass is 16.6. The molecule has 2 aromatic rings. The number of piperazine rings is 1. The van der Waals surface area contributed by atoms with Crippen LogP contribution in [0.5, 0.6) is 0 Å². The highest BCUT2D eigenvalue weighted by Gasteiger charge is 2.35. The lowest BCUT2D eigenvalue weighted by Crippen LogP contribution is -2.50. The number of hydrogen-bond acceptors (Lipinski definition) is 3. The summed E-state index contributed by atoms with van der Waals surface area (Å²) in [6, 6.07) is 17.4. The minimum absolute atomic E-state index is 0.183. The minimum Gasteiger partial charge on any atom is -0.450 e. The lowest BCUT2D eigenvalue weighted by molar-refractivity contribution is 0.0991. The van der Waals surface area contributed by atoms with Crippen LogP contribution in [0.3, 0.4) is 0 Å². The Kier molecular flexibility index (Phi) is 3.89. The van der Waals surface area contributed by atoms with E-state index in [-0.39, 0.29) is 12.1 Å². The Morgan fingerprint density at radius 1 is 1.08 bits per heavy atom. The first-order chi connectivity index (χ1) is 11.8. The molecule has 2 aliphatic rings. The fraction of sp³-hybridized carbons (Fsp3) is 0.350. The van der Waals surface area contributed by atoms with Crippen molar-refractivity contribution in [2.45, 2.75) is 19.4 Å². The molecule has 2 heterocycles. The van der Waals surface area contributed by atoms with Crippen molar-refractivity contribution in [3.8, 4) is 0 Å². The van der Waals surface area contributed by atoms with E-state index in [1.54, 1.807) is 0 Å². The molecule has 0 radical (unpaired) electrons. The molecular weight excluding hydrogens is 300 g/mol. The molecule has 0 aromatic heterocycles. The van der Waals surface area contributed by atoms with Gasteiger partial charge in [-0.05, 0) is 36.1 Å². The predicted molar refractivity (Wildman–Crippen MR) is 94.4 cm³/mol. The fourth-order valence-electron chi connectivity index (χ4n) is 3.88. The smallest absolute Gasteiger partial charge is 0.409 e. The predicted octanol–water partition coefficient (Wildman–Crippen LogP) is 3.61. The van der Waals surface area contributed by atoms with Gasteiger partial charge in [0.25, 0.3) is 0 Å². The highest BCUT2D eigenvalue weighted by Crippen LogP contribution is 2.39. The molecule has 0 N–H and O–H groups in total. The van der Waals surface area contributed by atoms with E-state index in [1.165, 1.54) is 22.4 Å². The van der Waals surface area contributed by atoms with Crippen LogP contribution in [0.2, 0.25) is 0 Å². The maximum absolute atomic E-state index is 12.2. The first-order valence-electron chi connectivity index (χ1n) is 8.62. The van der Waals surface area contributed by atoms with Gasteiger partial charge in [0.2, 0.25) is 0 Å². The minimum atomic E-state index is -0.202. The summed E-state index contributed by atoms with van der Waals surface area (Å²) in [5.74, 6) is 0. The number of nitrogens with zero attached hydrogens (tertiary/aromatic N) is 2. The Hall–Kier alpha value is -2.49. The molecule has 124 valence electrons. The summed E-state index contributed by atoms with van der Waals surface area (Å²) in [6.45, 7) is 4.47. The number of carbonyl (C=O) groups is 1. The number of fused-ring (bicyclic) bond motifs is 5. The average molecular weight is 322 g/mol. The van der Waals surface area contributed by atoms with Crippen LogP contribution >= 0.6 is 0 Å². The molecule has 4 nitrogen and oxygen atoms in total. The largest absolute Gasteiger partial charge is 0.450 e. The lowest BCUT2D eigenvalue weighted by atomic mass is 9.96. The summed E-state index contributed by atoms with van der Waals surface area (Å²) < 4.78 is 5.22. The summed E-state index contributed by atoms with van der Waals surface area (Å²) in [7, 11) is 0. The molecule has 2 aliphatic heterocycles. The van der Waals surface area contributed by atoms with Crippen molar-refractivity contribution in [2.75, 3.05) is 31.1 Å². The molecule has 0 spiro atoms. The topological polar surface area (TPSA) is 32.8 Å². The maximum Gasteiger partial charge on any atom is 0.409 e. The van der Waals surface area contributed by atoms with Gasteiger partial charge >= 0.3 is 6.09 Å². The van der Waals surface area contributed by atoms with Crippen LogP contribution in [0.15, 0.2) is 48.5 Å². The van der Waals surface area contributed by atoms with Crippen LogP contribution < -0.4 is 4.90 Å². The van der Waals surface area contributed by atoms with Crippen molar-refractivity contribution in [2.24, 2.45) is 0 Å². The Morgan fingerprint density at radius 3 is 2.67 bits per heavy atom. The summed E-state index contributed by atoms with van der Waals surface area (Å²) in [6.07, 6.45) is 0.742. The van der Waals surface area contributed by atoms with Gasteiger partial charge in [-0.25, -0.2) is 4.79 Å². The number of anilines is 1. The number of para-hydroxylation sites is 1. The van der Waals surface area contributed by atoms with Crippen molar-refractivity contribution >= 4 is 11.8 Å². The molecule has 0 unspecified atom stereocenters. The molecular formula is C20H22N2O2. The van der Waals surface area contributed by atoms with E-state index < -0.39 is 0 Å². The molecule has 1 atom stereocenters. The van der Waals surface area contributed by atoms with Crippen molar-refractivity contribution in [3.63, 3.8) is 0 Å². The van der Waals surface area contributed by atoms with E-state index in [2.05, 4.69) is 53.4 Å². The summed E-state index contributed by atoms with van der Waals surface area (Å²) >= 11 is 0. The van der Waals surface area contributed by atoms with Crippen molar-refractivity contribution < 1.29 is 9.53 Å². The van der Waals surface area contributed by atoms with E-state index in [9.17, 15) is 4.79 Å². The van der Waals surface area contributed by atoms with Crippen molar-refractivity contribution in [1.82, 2.24) is 4.90 Å². The molecule has 1 amide bonds. The van der Waals surface area contributed by atoms with E-state index in [0.29, 0.717) is 19.7 Å². The third kappa shape index (κ3) is 2.52. The zero-order valence-corrected chi connectivity index (χ0v) is 13.9. The number of ether oxygens (including phenoxy) is 1. The van der Waals surface area contributed by atoms with Crippen molar-refractivity contribution in [1.29, 1.82) is 0 Å². The number of rotatable bonds is 1. The number of amides is 1. The molecule has 1 fully saturated rings. The second kappa shape index (κ2) is 6.19. The van der Waals surface area contributed by atoms with Crippen LogP contribution in [0.4, 0.5) is 10.5 Å². The van der Waals surface area contributed by atoms with E-state index in [1.807, 2.05) is 11.8 Å².